The van der Waals surface area contributed by atoms with E-state index in [1.807, 2.05) is 6.92 Å². The minimum Gasteiger partial charge on any atom is -0.479 e. The third-order valence-corrected chi connectivity index (χ3v) is 11.1. The van der Waals surface area contributed by atoms with Crippen LogP contribution in [0.5, 0.6) is 0 Å². The van der Waals surface area contributed by atoms with E-state index < -0.39 is 58.9 Å². The third kappa shape index (κ3) is 5.55. The van der Waals surface area contributed by atoms with Crippen LogP contribution in [-0.2, 0) is 28.7 Å². The molecule has 5 N–H and O–H groups in total. The second-order valence-corrected chi connectivity index (χ2v) is 14.1. The maximum atomic E-state index is 13.4. The number of carbonyl (C=O) groups excluding carboxylic acids is 4. The standard InChI is InChI=1S/C31H45NO10/c1-28(2,26(38)27(39)40)16-32-23(36)7-8-24(37)42-15-22(35)31(41)12-10-20-19-6-5-17-13-18(33)9-11-29(17,3)25(19)21(34)14-30(20,31)4/h13,19-21,25-26,34,38,41H,5-12,14-16H2,1-4H3,(H,32,36)(H,39,40)/t19-,20+,21-,25-,26-,29-,30-,31-/m0/s1. The average Bonchev–Trinajstić information content (AvgIpc) is 3.19. The molecular weight excluding hydrogens is 546 g/mol. The molecule has 3 saturated carbocycles. The van der Waals surface area contributed by atoms with Gasteiger partial charge in [0.05, 0.1) is 12.5 Å². The molecule has 0 bridgehead atoms. The number of allylic oxidation sites excluding steroid dienone is 1. The number of aliphatic carboxylic acids is 1. The smallest absolute Gasteiger partial charge is 0.333 e. The Hall–Kier alpha value is -2.63. The van der Waals surface area contributed by atoms with Crippen LogP contribution in [0.1, 0.15) is 85.5 Å². The molecular formula is C31H45NO10. The van der Waals surface area contributed by atoms with Gasteiger partial charge in [0.25, 0.3) is 0 Å². The molecule has 11 heteroatoms. The quantitative estimate of drug-likeness (QED) is 0.234. The van der Waals surface area contributed by atoms with Crippen molar-refractivity contribution in [2.75, 3.05) is 13.2 Å². The summed E-state index contributed by atoms with van der Waals surface area (Å²) in [5.74, 6) is -3.18. The molecule has 4 aliphatic carbocycles. The zero-order valence-corrected chi connectivity index (χ0v) is 25.0. The highest BCUT2D eigenvalue weighted by Gasteiger charge is 2.68. The Labute approximate surface area is 246 Å². The summed E-state index contributed by atoms with van der Waals surface area (Å²) in [6.45, 7) is 6.19. The Kier molecular flexibility index (Phi) is 8.81. The number of fused-ring (bicyclic) bond motifs is 5. The van der Waals surface area contributed by atoms with Gasteiger partial charge in [-0.2, -0.15) is 0 Å². The average molecular weight is 592 g/mol. The number of amides is 1. The number of carbonyl (C=O) groups is 5. The second kappa shape index (κ2) is 11.5. The lowest BCUT2D eigenvalue weighted by atomic mass is 9.45. The van der Waals surface area contributed by atoms with Crippen molar-refractivity contribution in [3.63, 3.8) is 0 Å². The van der Waals surface area contributed by atoms with Crippen molar-refractivity contribution in [2.24, 2.45) is 34.0 Å². The van der Waals surface area contributed by atoms with E-state index in [1.54, 1.807) is 6.08 Å². The van der Waals surface area contributed by atoms with Crippen LogP contribution in [0.4, 0.5) is 0 Å². The van der Waals surface area contributed by atoms with Crippen LogP contribution >= 0.6 is 0 Å². The predicted octanol–water partition coefficient (Wildman–Crippen LogP) is 1.70. The SMILES string of the molecule is CC(C)(CNC(=O)CCC(=O)OCC(=O)[C@@]1(O)CC[C@@H]2[C@@H]3CCC4=CC(=O)CC[C@]4(C)[C@@H]3[C@@H](O)C[C@@]21C)[C@@H](O)C(=O)O. The lowest BCUT2D eigenvalue weighted by Crippen LogP contribution is -2.62. The van der Waals surface area contributed by atoms with Gasteiger partial charge in [-0.15, -0.1) is 0 Å². The molecule has 0 spiro atoms. The summed E-state index contributed by atoms with van der Waals surface area (Å²) in [5.41, 5.74) is -2.97. The first-order valence-electron chi connectivity index (χ1n) is 15.0. The van der Waals surface area contributed by atoms with E-state index >= 15 is 0 Å². The van der Waals surface area contributed by atoms with Crippen LogP contribution in [0, 0.1) is 34.0 Å². The summed E-state index contributed by atoms with van der Waals surface area (Å²) in [7, 11) is 0. The number of Topliss-reactive ketones (excluding diaryl/α,β-unsaturated/α-hetero) is 1. The topological polar surface area (TPSA) is 188 Å². The highest BCUT2D eigenvalue weighted by Crippen LogP contribution is 2.67. The van der Waals surface area contributed by atoms with Gasteiger partial charge in [0.2, 0.25) is 11.7 Å². The van der Waals surface area contributed by atoms with E-state index in [0.717, 1.165) is 18.4 Å². The molecule has 11 nitrogen and oxygen atoms in total. The van der Waals surface area contributed by atoms with E-state index in [-0.39, 0.29) is 61.2 Å². The van der Waals surface area contributed by atoms with E-state index in [1.165, 1.54) is 13.8 Å². The molecule has 0 radical (unpaired) electrons. The Morgan fingerprint density at radius 3 is 2.48 bits per heavy atom. The molecule has 42 heavy (non-hydrogen) atoms. The Bertz CT molecular complexity index is 1180. The van der Waals surface area contributed by atoms with Gasteiger partial charge in [0, 0.05) is 30.2 Å². The summed E-state index contributed by atoms with van der Waals surface area (Å²) in [4.78, 5) is 61.0. The van der Waals surface area contributed by atoms with Crippen LogP contribution in [-0.4, -0.2) is 80.8 Å². The maximum absolute atomic E-state index is 13.4. The summed E-state index contributed by atoms with van der Waals surface area (Å²) in [6.07, 6.45) is 2.50. The fraction of sp³-hybridized carbons (Fsp3) is 0.774. The van der Waals surface area contributed by atoms with E-state index in [9.17, 15) is 39.3 Å². The van der Waals surface area contributed by atoms with Gasteiger partial charge in [-0.1, -0.05) is 33.3 Å². The Morgan fingerprint density at radius 2 is 1.81 bits per heavy atom. The van der Waals surface area contributed by atoms with Gasteiger partial charge in [-0.05, 0) is 67.8 Å². The number of aliphatic hydroxyl groups excluding tert-OH is 2. The van der Waals surface area contributed by atoms with E-state index in [4.69, 9.17) is 9.84 Å². The zero-order chi connectivity index (χ0) is 31.3. The first kappa shape index (κ1) is 32.3. The van der Waals surface area contributed by atoms with Gasteiger partial charge in [0.15, 0.2) is 18.5 Å². The molecule has 0 unspecified atom stereocenters. The molecule has 0 saturated heterocycles. The molecule has 0 aromatic rings. The van der Waals surface area contributed by atoms with Gasteiger partial charge in [-0.3, -0.25) is 19.2 Å². The third-order valence-electron chi connectivity index (χ3n) is 11.1. The summed E-state index contributed by atoms with van der Waals surface area (Å²) in [5, 5.41) is 44.5. The number of ketones is 2. The molecule has 234 valence electrons. The Morgan fingerprint density at radius 1 is 1.12 bits per heavy atom. The van der Waals surface area contributed by atoms with Crippen LogP contribution in [0.2, 0.25) is 0 Å². The largest absolute Gasteiger partial charge is 0.479 e. The normalized spacial score (nSPS) is 36.5. The molecule has 4 aliphatic rings. The van der Waals surface area contributed by atoms with Crippen molar-refractivity contribution in [1.82, 2.24) is 5.32 Å². The van der Waals surface area contributed by atoms with Gasteiger partial charge < -0.3 is 30.5 Å². The molecule has 0 aromatic heterocycles. The second-order valence-electron chi connectivity index (χ2n) is 14.1. The first-order valence-corrected chi connectivity index (χ1v) is 15.0. The van der Waals surface area contributed by atoms with Gasteiger partial charge in [0.1, 0.15) is 5.60 Å². The number of hydrogen-bond acceptors (Lipinski definition) is 9. The van der Waals surface area contributed by atoms with Crippen LogP contribution < -0.4 is 5.32 Å². The van der Waals surface area contributed by atoms with Crippen molar-refractivity contribution in [3.8, 4) is 0 Å². The molecule has 8 atom stereocenters. The molecule has 0 heterocycles. The molecule has 0 aromatic carbocycles. The number of nitrogens with one attached hydrogen (secondary N) is 1. The van der Waals surface area contributed by atoms with Crippen molar-refractivity contribution in [1.29, 1.82) is 0 Å². The van der Waals surface area contributed by atoms with Crippen molar-refractivity contribution < 1.29 is 49.1 Å². The summed E-state index contributed by atoms with van der Waals surface area (Å²) >= 11 is 0. The van der Waals surface area contributed by atoms with Gasteiger partial charge >= 0.3 is 11.9 Å². The zero-order valence-electron chi connectivity index (χ0n) is 25.0. The minimum absolute atomic E-state index is 0.000790. The number of ether oxygens (including phenoxy) is 1. The van der Waals surface area contributed by atoms with E-state index in [2.05, 4.69) is 12.2 Å². The fourth-order valence-corrected chi connectivity index (χ4v) is 8.55. The number of carboxylic acid groups (broad SMARTS) is 1. The predicted molar refractivity (Wildman–Crippen MR) is 149 cm³/mol. The maximum Gasteiger partial charge on any atom is 0.333 e. The lowest BCUT2D eigenvalue weighted by molar-refractivity contribution is -0.184. The highest BCUT2D eigenvalue weighted by molar-refractivity contribution is 5.92. The first-order chi connectivity index (χ1) is 19.5. The van der Waals surface area contributed by atoms with Crippen molar-refractivity contribution in [2.45, 2.75) is 103 Å². The number of hydrogen-bond donors (Lipinski definition) is 5. The fourth-order valence-electron chi connectivity index (χ4n) is 8.55. The molecule has 4 rings (SSSR count). The van der Waals surface area contributed by atoms with Gasteiger partial charge in [-0.25, -0.2) is 4.79 Å². The minimum atomic E-state index is -1.77. The summed E-state index contributed by atoms with van der Waals surface area (Å²) < 4.78 is 5.15. The number of rotatable bonds is 10. The van der Waals surface area contributed by atoms with Crippen LogP contribution in [0.3, 0.4) is 0 Å². The monoisotopic (exact) mass is 591 g/mol. The van der Waals surface area contributed by atoms with Crippen molar-refractivity contribution >= 4 is 29.4 Å². The van der Waals surface area contributed by atoms with E-state index in [0.29, 0.717) is 19.3 Å². The van der Waals surface area contributed by atoms with Crippen LogP contribution in [0.25, 0.3) is 0 Å². The number of esters is 1. The Balaban J connectivity index is 1.33. The summed E-state index contributed by atoms with van der Waals surface area (Å²) in [6, 6.07) is 0. The molecule has 0 aliphatic heterocycles. The molecule has 3 fully saturated rings. The van der Waals surface area contributed by atoms with Crippen molar-refractivity contribution in [3.05, 3.63) is 11.6 Å². The van der Waals surface area contributed by atoms with Crippen LogP contribution in [0.15, 0.2) is 11.6 Å². The molecule has 1 amide bonds. The highest BCUT2D eigenvalue weighted by atomic mass is 16.5. The number of carboxylic acids is 1. The lowest BCUT2D eigenvalue weighted by Gasteiger charge is -2.60. The number of aliphatic hydroxyl groups is 3.